The Morgan fingerprint density at radius 2 is 2.12 bits per heavy atom. The fourth-order valence-electron chi connectivity index (χ4n) is 1.11. The summed E-state index contributed by atoms with van der Waals surface area (Å²) in [5, 5.41) is 10.5. The van der Waals surface area contributed by atoms with Gasteiger partial charge in [0.2, 0.25) is 5.88 Å². The molecule has 0 saturated heterocycles. The fraction of sp³-hybridized carbons (Fsp3) is 0.286. The van der Waals surface area contributed by atoms with Gasteiger partial charge in [0.15, 0.2) is 0 Å². The first kappa shape index (κ1) is 13.0. The minimum absolute atomic E-state index is 0.533. The predicted octanol–water partition coefficient (Wildman–Crippen LogP) is 0.640. The van der Waals surface area contributed by atoms with Crippen LogP contribution in [0.1, 0.15) is 5.56 Å². The van der Waals surface area contributed by atoms with E-state index in [0.717, 1.165) is 0 Å². The van der Waals surface area contributed by atoms with Crippen molar-refractivity contribution in [2.75, 3.05) is 0 Å². The summed E-state index contributed by atoms with van der Waals surface area (Å²) in [5.41, 5.74) is 2.64. The van der Waals surface area contributed by atoms with Crippen LogP contribution in [-0.4, -0.2) is 16.3 Å². The maximum Gasteiger partial charge on any atom is 0.574 e. The smallest absolute Gasteiger partial charge is 0.389 e. The SMILES string of the molecule is NCc1c([N+](=O)[O-])cc(=O)[nH]c1OC(F)(F)F. The van der Waals surface area contributed by atoms with Gasteiger partial charge in [-0.2, -0.15) is 0 Å². The van der Waals surface area contributed by atoms with Crippen molar-refractivity contribution < 1.29 is 22.8 Å². The summed E-state index contributed by atoms with van der Waals surface area (Å²) in [6.07, 6.45) is -5.08. The van der Waals surface area contributed by atoms with E-state index < -0.39 is 40.5 Å². The van der Waals surface area contributed by atoms with Gasteiger partial charge in [0.05, 0.1) is 11.0 Å². The molecule has 10 heteroatoms. The number of nitrogens with one attached hydrogen (secondary N) is 1. The van der Waals surface area contributed by atoms with Crippen LogP contribution in [0.4, 0.5) is 18.9 Å². The average molecular weight is 253 g/mol. The van der Waals surface area contributed by atoms with Gasteiger partial charge in [0.25, 0.3) is 11.2 Å². The lowest BCUT2D eigenvalue weighted by Gasteiger charge is -2.11. The first-order valence-corrected chi connectivity index (χ1v) is 4.11. The number of nitrogens with zero attached hydrogens (tertiary/aromatic N) is 1. The van der Waals surface area contributed by atoms with E-state index in [-0.39, 0.29) is 0 Å². The topological polar surface area (TPSA) is 111 Å². The Bertz CT molecular complexity index is 496. The number of alkyl halides is 3. The average Bonchev–Trinajstić information content (AvgIpc) is 2.14. The molecule has 1 heterocycles. The highest BCUT2D eigenvalue weighted by Crippen LogP contribution is 2.28. The molecule has 1 aromatic rings. The van der Waals surface area contributed by atoms with E-state index in [9.17, 15) is 28.1 Å². The third-order valence-corrected chi connectivity index (χ3v) is 1.71. The second-order valence-corrected chi connectivity index (χ2v) is 2.84. The van der Waals surface area contributed by atoms with Crippen LogP contribution in [0.5, 0.6) is 5.88 Å². The van der Waals surface area contributed by atoms with Gasteiger partial charge in [-0.1, -0.05) is 0 Å². The molecule has 0 fully saturated rings. The van der Waals surface area contributed by atoms with Gasteiger partial charge in [-0.05, 0) is 0 Å². The summed E-state index contributed by atoms with van der Waals surface area (Å²) in [7, 11) is 0. The summed E-state index contributed by atoms with van der Waals surface area (Å²) in [6, 6.07) is 0.533. The molecule has 3 N–H and O–H groups in total. The molecule has 1 rings (SSSR count). The van der Waals surface area contributed by atoms with Crippen LogP contribution < -0.4 is 16.0 Å². The van der Waals surface area contributed by atoms with E-state index in [2.05, 4.69) is 4.74 Å². The van der Waals surface area contributed by atoms with Gasteiger partial charge in [-0.3, -0.25) is 19.9 Å². The maximum absolute atomic E-state index is 12.0. The Labute approximate surface area is 91.1 Å². The molecule has 0 aromatic carbocycles. The molecule has 0 amide bonds. The molecular formula is C7H6F3N3O4. The van der Waals surface area contributed by atoms with Gasteiger partial charge in [0.1, 0.15) is 5.56 Å². The lowest BCUT2D eigenvalue weighted by atomic mass is 10.2. The molecular weight excluding hydrogens is 247 g/mol. The minimum Gasteiger partial charge on any atom is -0.389 e. The number of hydrogen-bond donors (Lipinski definition) is 2. The van der Waals surface area contributed by atoms with E-state index in [1.54, 1.807) is 4.98 Å². The molecule has 94 valence electrons. The minimum atomic E-state index is -5.08. The first-order valence-electron chi connectivity index (χ1n) is 4.11. The Kier molecular flexibility index (Phi) is 3.36. The third-order valence-electron chi connectivity index (χ3n) is 1.71. The number of aromatic amines is 1. The summed E-state index contributed by atoms with van der Waals surface area (Å²) >= 11 is 0. The van der Waals surface area contributed by atoms with E-state index in [4.69, 9.17) is 5.73 Å². The van der Waals surface area contributed by atoms with Crippen LogP contribution in [0.25, 0.3) is 0 Å². The molecule has 1 aromatic heterocycles. The molecule has 0 unspecified atom stereocenters. The number of nitrogens with two attached hydrogens (primary N) is 1. The summed E-state index contributed by atoms with van der Waals surface area (Å²) in [4.78, 5) is 22.1. The monoisotopic (exact) mass is 253 g/mol. The number of nitro groups is 1. The van der Waals surface area contributed by atoms with Crippen LogP contribution in [0.2, 0.25) is 0 Å². The number of pyridine rings is 1. The van der Waals surface area contributed by atoms with Crippen molar-refractivity contribution in [1.82, 2.24) is 4.98 Å². The van der Waals surface area contributed by atoms with Gasteiger partial charge in [-0.15, -0.1) is 13.2 Å². The Morgan fingerprint density at radius 3 is 2.53 bits per heavy atom. The normalized spacial score (nSPS) is 11.3. The Morgan fingerprint density at radius 1 is 1.53 bits per heavy atom. The lowest BCUT2D eigenvalue weighted by molar-refractivity contribution is -0.386. The second kappa shape index (κ2) is 4.41. The molecule has 0 atom stereocenters. The highest BCUT2D eigenvalue weighted by atomic mass is 19.4. The van der Waals surface area contributed by atoms with Crippen molar-refractivity contribution in [2.24, 2.45) is 5.73 Å². The van der Waals surface area contributed by atoms with Crippen molar-refractivity contribution in [1.29, 1.82) is 0 Å². The zero-order valence-electron chi connectivity index (χ0n) is 8.08. The lowest BCUT2D eigenvalue weighted by Crippen LogP contribution is -2.23. The number of rotatable bonds is 3. The van der Waals surface area contributed by atoms with E-state index in [1.807, 2.05) is 0 Å². The van der Waals surface area contributed by atoms with Crippen LogP contribution in [0, 0.1) is 10.1 Å². The van der Waals surface area contributed by atoms with E-state index >= 15 is 0 Å². The van der Waals surface area contributed by atoms with Crippen molar-refractivity contribution in [2.45, 2.75) is 12.9 Å². The van der Waals surface area contributed by atoms with Gasteiger partial charge >= 0.3 is 6.36 Å². The number of hydrogen-bond acceptors (Lipinski definition) is 5. The van der Waals surface area contributed by atoms with Crippen molar-refractivity contribution in [3.05, 3.63) is 32.1 Å². The molecule has 0 aliphatic carbocycles. The molecule has 0 bridgehead atoms. The standard InChI is InChI=1S/C7H6F3N3O4/c8-7(9,10)17-6-3(2-11)4(13(15)16)1-5(14)12-6/h1H,2,11H2,(H,12,14). The maximum atomic E-state index is 12.0. The summed E-state index contributed by atoms with van der Waals surface area (Å²) in [6.45, 7) is -0.585. The molecule has 0 radical (unpaired) electrons. The van der Waals surface area contributed by atoms with E-state index in [1.165, 1.54) is 0 Å². The molecule has 0 saturated carbocycles. The molecule has 7 nitrogen and oxygen atoms in total. The zero-order chi connectivity index (χ0) is 13.2. The predicted molar refractivity (Wildman–Crippen MR) is 48.3 cm³/mol. The van der Waals surface area contributed by atoms with Crippen LogP contribution in [-0.2, 0) is 6.54 Å². The quantitative estimate of drug-likeness (QED) is 0.606. The van der Waals surface area contributed by atoms with Crippen LogP contribution in [0.3, 0.4) is 0 Å². The summed E-state index contributed by atoms with van der Waals surface area (Å²) in [5.74, 6) is -1.07. The van der Waals surface area contributed by atoms with Gasteiger partial charge < -0.3 is 10.5 Å². The highest BCUT2D eigenvalue weighted by Gasteiger charge is 2.34. The van der Waals surface area contributed by atoms with Gasteiger partial charge in [-0.25, -0.2) is 0 Å². The number of H-pyrrole nitrogens is 1. The molecule has 0 spiro atoms. The zero-order valence-corrected chi connectivity index (χ0v) is 8.08. The molecule has 0 aliphatic rings. The van der Waals surface area contributed by atoms with Crippen molar-refractivity contribution in [3.8, 4) is 5.88 Å². The van der Waals surface area contributed by atoms with Gasteiger partial charge in [0, 0.05) is 6.54 Å². The van der Waals surface area contributed by atoms with Crippen molar-refractivity contribution >= 4 is 5.69 Å². The molecule has 17 heavy (non-hydrogen) atoms. The van der Waals surface area contributed by atoms with Crippen molar-refractivity contribution in [3.63, 3.8) is 0 Å². The first-order chi connectivity index (χ1) is 7.74. The highest BCUT2D eigenvalue weighted by molar-refractivity contribution is 5.45. The fourth-order valence-corrected chi connectivity index (χ4v) is 1.11. The largest absolute Gasteiger partial charge is 0.574 e. The second-order valence-electron chi connectivity index (χ2n) is 2.84. The third kappa shape index (κ3) is 3.17. The van der Waals surface area contributed by atoms with Crippen LogP contribution in [0.15, 0.2) is 10.9 Å². The number of halogens is 3. The van der Waals surface area contributed by atoms with Crippen LogP contribution >= 0.6 is 0 Å². The number of ether oxygens (including phenoxy) is 1. The Balaban J connectivity index is 3.38. The molecule has 0 aliphatic heterocycles. The summed E-state index contributed by atoms with van der Waals surface area (Å²) < 4.78 is 39.4. The number of aromatic nitrogens is 1. The van der Waals surface area contributed by atoms with E-state index in [0.29, 0.717) is 6.07 Å². The Hall–Kier alpha value is -2.10.